The molecule has 4 rings (SSSR count). The number of fused-ring (bicyclic) bond motifs is 3. The molecule has 1 saturated heterocycles. The minimum Gasteiger partial charge on any atom is -0.502 e. The molecule has 10 heteroatoms. The van der Waals surface area contributed by atoms with Gasteiger partial charge in [-0.15, -0.1) is 9.24 Å². The largest absolute Gasteiger partial charge is 0.502 e. The summed E-state index contributed by atoms with van der Waals surface area (Å²) < 4.78 is 1.50. The van der Waals surface area contributed by atoms with E-state index in [0.717, 1.165) is 35.7 Å². The molecule has 2 aromatic rings. The number of hydrogen-bond donors (Lipinski definition) is 1. The number of rotatable bonds is 4. The fraction of sp³-hybridized carbons (Fsp3) is 0.417. The summed E-state index contributed by atoms with van der Waals surface area (Å²) in [6.07, 6.45) is 3.86. The molecule has 1 aromatic heterocycles. The van der Waals surface area contributed by atoms with Gasteiger partial charge in [0, 0.05) is 32.9 Å². The van der Waals surface area contributed by atoms with Crippen LogP contribution in [0.2, 0.25) is 0 Å². The monoisotopic (exact) mass is 481 g/mol. The van der Waals surface area contributed by atoms with Crippen molar-refractivity contribution in [1.29, 1.82) is 5.26 Å². The maximum absolute atomic E-state index is 13.4. The van der Waals surface area contributed by atoms with Crippen LogP contribution in [0.25, 0.3) is 0 Å². The first-order valence-electron chi connectivity index (χ1n) is 11.3. The van der Waals surface area contributed by atoms with E-state index in [1.807, 2.05) is 18.9 Å². The fourth-order valence-electron chi connectivity index (χ4n) is 4.86. The summed E-state index contributed by atoms with van der Waals surface area (Å²) in [6, 6.07) is 5.67. The first-order chi connectivity index (χ1) is 16.2. The lowest BCUT2D eigenvalue weighted by Gasteiger charge is -2.48. The van der Waals surface area contributed by atoms with E-state index in [-0.39, 0.29) is 24.0 Å². The zero-order valence-electron chi connectivity index (χ0n) is 19.5. The summed E-state index contributed by atoms with van der Waals surface area (Å²) in [7, 11) is 4.17. The predicted molar refractivity (Wildman–Crippen MR) is 131 cm³/mol. The summed E-state index contributed by atoms with van der Waals surface area (Å²) >= 11 is 0. The van der Waals surface area contributed by atoms with Gasteiger partial charge in [-0.25, -0.2) is 0 Å². The van der Waals surface area contributed by atoms with Gasteiger partial charge in [0.2, 0.25) is 5.43 Å². The summed E-state index contributed by atoms with van der Waals surface area (Å²) in [5, 5.41) is 22.9. The number of carbonyl (C=O) groups is 2. The number of piperidine rings is 1. The Kier molecular flexibility index (Phi) is 6.37. The number of amides is 2. The van der Waals surface area contributed by atoms with Crippen molar-refractivity contribution in [3.05, 3.63) is 56.5 Å². The van der Waals surface area contributed by atoms with Gasteiger partial charge in [-0.2, -0.15) is 5.26 Å². The van der Waals surface area contributed by atoms with Gasteiger partial charge in [0.15, 0.2) is 11.4 Å². The molecule has 34 heavy (non-hydrogen) atoms. The Hall–Kier alpha value is -3.37. The molecular weight excluding hydrogens is 453 g/mol. The smallest absolute Gasteiger partial charge is 0.278 e. The first kappa shape index (κ1) is 23.8. The number of aromatic hydroxyl groups is 1. The van der Waals surface area contributed by atoms with Gasteiger partial charge >= 0.3 is 0 Å². The Balaban J connectivity index is 1.75. The number of aromatic nitrogens is 1. The van der Waals surface area contributed by atoms with Crippen molar-refractivity contribution >= 4 is 26.4 Å². The van der Waals surface area contributed by atoms with Crippen LogP contribution in [-0.2, 0) is 6.54 Å². The summed E-state index contributed by atoms with van der Waals surface area (Å²) in [6.45, 7) is 4.96. The van der Waals surface area contributed by atoms with Crippen molar-refractivity contribution in [3.8, 4) is 11.8 Å². The second-order valence-corrected chi connectivity index (χ2v) is 9.35. The fourth-order valence-corrected chi connectivity index (χ4v) is 5.26. The van der Waals surface area contributed by atoms with E-state index in [2.05, 4.69) is 15.3 Å². The average Bonchev–Trinajstić information content (AvgIpc) is 2.83. The number of hydrogen-bond acceptors (Lipinski definition) is 6. The third-order valence-electron chi connectivity index (χ3n) is 6.78. The van der Waals surface area contributed by atoms with E-state index < -0.39 is 23.0 Å². The second-order valence-electron chi connectivity index (χ2n) is 8.72. The summed E-state index contributed by atoms with van der Waals surface area (Å²) in [4.78, 5) is 42.6. The molecule has 1 unspecified atom stereocenters. The Morgan fingerprint density at radius 3 is 2.74 bits per heavy atom. The molecule has 0 saturated carbocycles. The Labute approximate surface area is 200 Å². The Morgan fingerprint density at radius 2 is 2.06 bits per heavy atom. The molecule has 9 nitrogen and oxygen atoms in total. The number of nitriles is 1. The van der Waals surface area contributed by atoms with Gasteiger partial charge < -0.3 is 14.9 Å². The molecule has 1 N–H and O–H groups in total. The minimum atomic E-state index is -0.864. The Morgan fingerprint density at radius 1 is 1.32 bits per heavy atom. The lowest BCUT2D eigenvalue weighted by molar-refractivity contribution is 0.0533. The lowest BCUT2D eigenvalue weighted by atomic mass is 10.0. The predicted octanol–water partition coefficient (Wildman–Crippen LogP) is 1.43. The van der Waals surface area contributed by atoms with E-state index >= 15 is 0 Å². The molecular formula is C24H28N5O4P. The molecule has 2 aliphatic heterocycles. The average molecular weight is 481 g/mol. The molecule has 0 spiro atoms. The highest BCUT2D eigenvalue weighted by atomic mass is 31.0. The van der Waals surface area contributed by atoms with Crippen LogP contribution in [-0.4, -0.2) is 57.7 Å². The molecule has 1 aromatic carbocycles. The molecule has 3 heterocycles. The van der Waals surface area contributed by atoms with Crippen LogP contribution >= 0.6 is 9.24 Å². The van der Waals surface area contributed by atoms with Gasteiger partial charge in [-0.05, 0) is 55.6 Å². The topological polar surface area (TPSA) is 110 Å². The van der Waals surface area contributed by atoms with Crippen LogP contribution < -0.4 is 15.7 Å². The van der Waals surface area contributed by atoms with Crippen molar-refractivity contribution in [2.45, 2.75) is 45.8 Å². The van der Waals surface area contributed by atoms with Crippen LogP contribution in [0.5, 0.6) is 5.75 Å². The van der Waals surface area contributed by atoms with Gasteiger partial charge in [0.1, 0.15) is 11.7 Å². The van der Waals surface area contributed by atoms with E-state index in [1.54, 1.807) is 24.1 Å². The second kappa shape index (κ2) is 9.11. The van der Waals surface area contributed by atoms with Gasteiger partial charge in [0.05, 0.1) is 11.6 Å². The van der Waals surface area contributed by atoms with E-state index in [0.29, 0.717) is 18.7 Å². The van der Waals surface area contributed by atoms with Gasteiger partial charge in [-0.1, -0.05) is 6.07 Å². The van der Waals surface area contributed by atoms with Crippen molar-refractivity contribution in [3.63, 3.8) is 0 Å². The van der Waals surface area contributed by atoms with Crippen molar-refractivity contribution in [2.75, 3.05) is 25.1 Å². The highest BCUT2D eigenvalue weighted by molar-refractivity contribution is 7.27. The van der Waals surface area contributed by atoms with Gasteiger partial charge in [0.25, 0.3) is 11.8 Å². The lowest BCUT2D eigenvalue weighted by Crippen LogP contribution is -2.63. The third kappa shape index (κ3) is 3.72. The quantitative estimate of drug-likeness (QED) is 0.662. The maximum atomic E-state index is 13.4. The molecule has 1 fully saturated rings. The molecule has 0 aliphatic carbocycles. The zero-order valence-corrected chi connectivity index (χ0v) is 20.7. The minimum absolute atomic E-state index is 0.103. The SMILES string of the molecule is CCN1C(=O)c2c(O)c(=O)c(C(=O)N(C)Cc3c(P)ccc(C#N)c3C)cn2N2CCCC[C@@H]12. The van der Waals surface area contributed by atoms with Crippen LogP contribution in [0.3, 0.4) is 0 Å². The first-order valence-corrected chi connectivity index (χ1v) is 11.9. The highest BCUT2D eigenvalue weighted by Gasteiger charge is 2.41. The molecule has 178 valence electrons. The van der Waals surface area contributed by atoms with Crippen molar-refractivity contribution in [1.82, 2.24) is 14.5 Å². The standard InChI is InChI=1S/C24H28N5O4P/c1-4-27-19-7-5-6-10-28(19)29-13-17(21(30)22(31)20(29)24(27)33)23(32)26(3)12-16-14(2)15(11-25)8-9-18(16)34/h8-9,13,19,31H,4-7,10,12,34H2,1-3H3/t19-/m0/s1. The normalized spacial score (nSPS) is 17.1. The van der Waals surface area contributed by atoms with Crippen molar-refractivity contribution in [2.24, 2.45) is 0 Å². The van der Waals surface area contributed by atoms with Crippen LogP contribution in [0, 0.1) is 18.3 Å². The number of nitrogens with zero attached hydrogens (tertiary/aromatic N) is 5. The van der Waals surface area contributed by atoms with E-state index in [1.165, 1.54) is 15.8 Å². The maximum Gasteiger partial charge on any atom is 0.278 e. The summed E-state index contributed by atoms with van der Waals surface area (Å²) in [5.74, 6) is -1.69. The number of pyridine rings is 1. The van der Waals surface area contributed by atoms with E-state index in [4.69, 9.17) is 0 Å². The molecule has 0 radical (unpaired) electrons. The molecule has 0 bridgehead atoms. The molecule has 2 atom stereocenters. The Bertz CT molecular complexity index is 1280. The third-order valence-corrected chi connectivity index (χ3v) is 7.32. The number of carbonyl (C=O) groups excluding carboxylic acids is 2. The zero-order chi connectivity index (χ0) is 24.7. The van der Waals surface area contributed by atoms with E-state index in [9.17, 15) is 24.8 Å². The van der Waals surface area contributed by atoms with Gasteiger partial charge in [-0.3, -0.25) is 24.1 Å². The molecule has 2 amide bonds. The highest BCUT2D eigenvalue weighted by Crippen LogP contribution is 2.29. The molecule has 2 aliphatic rings. The van der Waals surface area contributed by atoms with Crippen LogP contribution in [0.4, 0.5) is 0 Å². The van der Waals surface area contributed by atoms with Crippen LogP contribution in [0.1, 0.15) is 63.7 Å². The van der Waals surface area contributed by atoms with Crippen molar-refractivity contribution < 1.29 is 14.7 Å². The summed E-state index contributed by atoms with van der Waals surface area (Å²) in [5.41, 5.74) is 0.910. The number of benzene rings is 1. The van der Waals surface area contributed by atoms with Crippen LogP contribution in [0.15, 0.2) is 23.1 Å².